The van der Waals surface area contributed by atoms with E-state index in [0.29, 0.717) is 11.8 Å². The van der Waals surface area contributed by atoms with Crippen molar-refractivity contribution >= 4 is 17.2 Å². The van der Waals surface area contributed by atoms with Crippen molar-refractivity contribution in [2.75, 3.05) is 13.1 Å². The molecule has 3 heterocycles. The third kappa shape index (κ3) is 3.98. The Balaban J connectivity index is 1.73. The third-order valence-electron chi connectivity index (χ3n) is 4.40. The standard InChI is InChI=1S/C18H24N4OS/c1-12(2)8-18-20-11-17(24-18)16-10-19-9-15(21-16)14-4-6-22(7-5-14)13(3)23/h9-12,14H,4-8H2,1-3H3. The van der Waals surface area contributed by atoms with E-state index < -0.39 is 0 Å². The number of thiazole rings is 1. The lowest BCUT2D eigenvalue weighted by Gasteiger charge is -2.30. The molecule has 1 amide bonds. The Bertz CT molecular complexity index is 705. The Morgan fingerprint density at radius 3 is 2.71 bits per heavy atom. The van der Waals surface area contributed by atoms with Gasteiger partial charge in [0.15, 0.2) is 0 Å². The molecular weight excluding hydrogens is 320 g/mol. The van der Waals surface area contributed by atoms with E-state index in [9.17, 15) is 4.79 Å². The number of amides is 1. The van der Waals surface area contributed by atoms with Gasteiger partial charge in [0.1, 0.15) is 5.69 Å². The summed E-state index contributed by atoms with van der Waals surface area (Å²) in [7, 11) is 0. The largest absolute Gasteiger partial charge is 0.343 e. The van der Waals surface area contributed by atoms with Crippen LogP contribution in [0.4, 0.5) is 0 Å². The van der Waals surface area contributed by atoms with Gasteiger partial charge in [-0.1, -0.05) is 13.8 Å². The summed E-state index contributed by atoms with van der Waals surface area (Å²) in [5.74, 6) is 1.15. The number of aromatic nitrogens is 3. The van der Waals surface area contributed by atoms with Gasteiger partial charge in [-0.3, -0.25) is 9.78 Å². The minimum Gasteiger partial charge on any atom is -0.343 e. The minimum absolute atomic E-state index is 0.163. The quantitative estimate of drug-likeness (QED) is 0.851. The van der Waals surface area contributed by atoms with Crippen LogP contribution in [0.2, 0.25) is 0 Å². The monoisotopic (exact) mass is 344 g/mol. The van der Waals surface area contributed by atoms with Crippen LogP contribution in [-0.2, 0) is 11.2 Å². The molecule has 5 nitrogen and oxygen atoms in total. The second kappa shape index (κ2) is 7.38. The molecule has 0 atom stereocenters. The molecule has 1 saturated heterocycles. The number of carbonyl (C=O) groups excluding carboxylic acids is 1. The molecule has 3 rings (SSSR count). The second-order valence-electron chi connectivity index (χ2n) is 6.83. The van der Waals surface area contributed by atoms with Gasteiger partial charge in [0.25, 0.3) is 0 Å². The fraction of sp³-hybridized carbons (Fsp3) is 0.556. The van der Waals surface area contributed by atoms with E-state index in [1.165, 1.54) is 0 Å². The van der Waals surface area contributed by atoms with Crippen molar-refractivity contribution in [3.8, 4) is 10.6 Å². The van der Waals surface area contributed by atoms with Crippen molar-refractivity contribution in [2.24, 2.45) is 5.92 Å². The van der Waals surface area contributed by atoms with E-state index in [-0.39, 0.29) is 5.91 Å². The molecule has 6 heteroatoms. The number of hydrogen-bond acceptors (Lipinski definition) is 5. The van der Waals surface area contributed by atoms with Crippen LogP contribution in [0.1, 0.15) is 50.2 Å². The molecular formula is C18H24N4OS. The van der Waals surface area contributed by atoms with E-state index >= 15 is 0 Å². The molecule has 0 radical (unpaired) electrons. The Morgan fingerprint density at radius 2 is 2.04 bits per heavy atom. The first-order valence-electron chi connectivity index (χ1n) is 8.55. The summed E-state index contributed by atoms with van der Waals surface area (Å²) in [5, 5.41) is 1.15. The smallest absolute Gasteiger partial charge is 0.219 e. The topological polar surface area (TPSA) is 59.0 Å². The van der Waals surface area contributed by atoms with Gasteiger partial charge in [-0.2, -0.15) is 0 Å². The van der Waals surface area contributed by atoms with E-state index in [2.05, 4.69) is 23.8 Å². The zero-order chi connectivity index (χ0) is 17.1. The minimum atomic E-state index is 0.163. The maximum Gasteiger partial charge on any atom is 0.219 e. The highest BCUT2D eigenvalue weighted by Gasteiger charge is 2.23. The lowest BCUT2D eigenvalue weighted by molar-refractivity contribution is -0.129. The fourth-order valence-electron chi connectivity index (χ4n) is 3.06. The van der Waals surface area contributed by atoms with Crippen LogP contribution >= 0.6 is 11.3 Å². The molecule has 0 N–H and O–H groups in total. The van der Waals surface area contributed by atoms with Crippen molar-refractivity contribution in [1.82, 2.24) is 19.9 Å². The van der Waals surface area contributed by atoms with E-state index in [4.69, 9.17) is 4.98 Å². The van der Waals surface area contributed by atoms with Crippen LogP contribution in [0.5, 0.6) is 0 Å². The summed E-state index contributed by atoms with van der Waals surface area (Å²) in [4.78, 5) is 28.2. The van der Waals surface area contributed by atoms with Crippen LogP contribution in [0.3, 0.4) is 0 Å². The second-order valence-corrected chi connectivity index (χ2v) is 7.94. The van der Waals surface area contributed by atoms with E-state index in [1.54, 1.807) is 18.3 Å². The van der Waals surface area contributed by atoms with Crippen LogP contribution < -0.4 is 0 Å². The summed E-state index contributed by atoms with van der Waals surface area (Å²) < 4.78 is 0. The predicted molar refractivity (Wildman–Crippen MR) is 95.9 cm³/mol. The Morgan fingerprint density at radius 1 is 1.29 bits per heavy atom. The van der Waals surface area contributed by atoms with Crippen molar-refractivity contribution in [3.63, 3.8) is 0 Å². The summed E-state index contributed by atoms with van der Waals surface area (Å²) >= 11 is 1.71. The van der Waals surface area contributed by atoms with Crippen molar-refractivity contribution in [3.05, 3.63) is 29.3 Å². The number of piperidine rings is 1. The highest BCUT2D eigenvalue weighted by Crippen LogP contribution is 2.30. The van der Waals surface area contributed by atoms with Crippen molar-refractivity contribution in [1.29, 1.82) is 0 Å². The van der Waals surface area contributed by atoms with Gasteiger partial charge in [-0.15, -0.1) is 11.3 Å². The van der Waals surface area contributed by atoms with E-state index in [1.807, 2.05) is 23.5 Å². The lowest BCUT2D eigenvalue weighted by atomic mass is 9.93. The number of nitrogens with zero attached hydrogens (tertiary/aromatic N) is 4. The fourth-order valence-corrected chi connectivity index (χ4v) is 4.14. The van der Waals surface area contributed by atoms with Crippen LogP contribution in [0.15, 0.2) is 18.6 Å². The molecule has 1 aliphatic rings. The zero-order valence-corrected chi connectivity index (χ0v) is 15.3. The predicted octanol–water partition coefficient (Wildman–Crippen LogP) is 3.52. The highest BCUT2D eigenvalue weighted by atomic mass is 32.1. The number of rotatable bonds is 4. The van der Waals surface area contributed by atoms with Gasteiger partial charge in [0.05, 0.1) is 21.8 Å². The molecule has 0 aromatic carbocycles. The molecule has 2 aromatic heterocycles. The van der Waals surface area contributed by atoms with Crippen LogP contribution in [0.25, 0.3) is 10.6 Å². The summed E-state index contributed by atoms with van der Waals surface area (Å²) in [5.41, 5.74) is 1.95. The van der Waals surface area contributed by atoms with Crippen LogP contribution in [-0.4, -0.2) is 38.8 Å². The maximum absolute atomic E-state index is 11.5. The maximum atomic E-state index is 11.5. The molecule has 1 fully saturated rings. The number of carbonyl (C=O) groups is 1. The average molecular weight is 344 g/mol. The Labute approximate surface area is 147 Å². The molecule has 24 heavy (non-hydrogen) atoms. The Kier molecular flexibility index (Phi) is 5.23. The third-order valence-corrected chi connectivity index (χ3v) is 5.44. The first-order chi connectivity index (χ1) is 11.5. The molecule has 2 aromatic rings. The SMILES string of the molecule is CC(=O)N1CCC(c2cncc(-c3cnc(CC(C)C)s3)n2)CC1. The number of hydrogen-bond donors (Lipinski definition) is 0. The molecule has 0 unspecified atom stereocenters. The van der Waals surface area contributed by atoms with E-state index in [0.717, 1.165) is 53.6 Å². The van der Waals surface area contributed by atoms with Gasteiger partial charge >= 0.3 is 0 Å². The normalized spacial score (nSPS) is 15.9. The number of likely N-dealkylation sites (tertiary alicyclic amines) is 1. The molecule has 1 aliphatic heterocycles. The van der Waals surface area contributed by atoms with Crippen molar-refractivity contribution in [2.45, 2.75) is 46.0 Å². The molecule has 0 saturated carbocycles. The molecule has 0 spiro atoms. The van der Waals surface area contributed by atoms with Gasteiger partial charge in [-0.05, 0) is 18.8 Å². The zero-order valence-electron chi connectivity index (χ0n) is 14.5. The van der Waals surface area contributed by atoms with Gasteiger partial charge < -0.3 is 4.90 Å². The van der Waals surface area contributed by atoms with Gasteiger partial charge in [0.2, 0.25) is 5.91 Å². The molecule has 0 aliphatic carbocycles. The molecule has 0 bridgehead atoms. The summed E-state index contributed by atoms with van der Waals surface area (Å²) in [6.07, 6.45) is 8.52. The first kappa shape index (κ1) is 17.0. The highest BCUT2D eigenvalue weighted by molar-refractivity contribution is 7.15. The van der Waals surface area contributed by atoms with Crippen LogP contribution in [0, 0.1) is 5.92 Å². The Hall–Kier alpha value is -1.82. The molecule has 128 valence electrons. The lowest BCUT2D eigenvalue weighted by Crippen LogP contribution is -2.36. The van der Waals surface area contributed by atoms with Gasteiger partial charge in [-0.25, -0.2) is 9.97 Å². The first-order valence-corrected chi connectivity index (χ1v) is 9.37. The van der Waals surface area contributed by atoms with Gasteiger partial charge in [0, 0.05) is 44.7 Å². The summed E-state index contributed by atoms with van der Waals surface area (Å²) in [6, 6.07) is 0. The van der Waals surface area contributed by atoms with Crippen molar-refractivity contribution < 1.29 is 4.79 Å². The summed E-state index contributed by atoms with van der Waals surface area (Å²) in [6.45, 7) is 7.67. The average Bonchev–Trinajstić information content (AvgIpc) is 3.03.